The van der Waals surface area contributed by atoms with E-state index in [9.17, 15) is 20.0 Å². The third kappa shape index (κ3) is 3.59. The minimum atomic E-state index is -0.775. The van der Waals surface area contributed by atoms with Gasteiger partial charge in [-0.25, -0.2) is 0 Å². The standard InChI is InChI=1S/C15H14BrN3O4/c1-8(9-4-2-3-5-11(9)16)18-15(21)10-6-13(19(22)23)14(20)7-12(10)17/h2-8,20H,17H2,1H3,(H,18,21)/t8-/m1/s1. The van der Waals surface area contributed by atoms with Crippen molar-refractivity contribution in [3.05, 3.63) is 62.1 Å². The van der Waals surface area contributed by atoms with Gasteiger partial charge in [0.15, 0.2) is 5.75 Å². The molecule has 2 aromatic carbocycles. The number of halogens is 1. The Balaban J connectivity index is 2.29. The van der Waals surface area contributed by atoms with E-state index >= 15 is 0 Å². The highest BCUT2D eigenvalue weighted by Gasteiger charge is 2.22. The smallest absolute Gasteiger partial charge is 0.311 e. The Kier molecular flexibility index (Phi) is 4.85. The van der Waals surface area contributed by atoms with Crippen LogP contribution in [0.5, 0.6) is 5.75 Å². The molecule has 0 bridgehead atoms. The van der Waals surface area contributed by atoms with Crippen LogP contribution in [0.25, 0.3) is 0 Å². The van der Waals surface area contributed by atoms with E-state index in [1.807, 2.05) is 24.3 Å². The highest BCUT2D eigenvalue weighted by Crippen LogP contribution is 2.31. The number of anilines is 1. The van der Waals surface area contributed by atoms with Crippen LogP contribution in [0.2, 0.25) is 0 Å². The Labute approximate surface area is 140 Å². The zero-order chi connectivity index (χ0) is 17.1. The number of rotatable bonds is 4. The van der Waals surface area contributed by atoms with E-state index in [0.717, 1.165) is 22.2 Å². The Bertz CT molecular complexity index is 779. The molecule has 1 atom stereocenters. The number of nitro groups is 1. The lowest BCUT2D eigenvalue weighted by molar-refractivity contribution is -0.385. The summed E-state index contributed by atoms with van der Waals surface area (Å²) in [6.45, 7) is 1.78. The molecule has 23 heavy (non-hydrogen) atoms. The number of carbonyl (C=O) groups excluding carboxylic acids is 1. The largest absolute Gasteiger partial charge is 0.502 e. The molecule has 0 aliphatic carbocycles. The summed E-state index contributed by atoms with van der Waals surface area (Å²) in [7, 11) is 0. The molecule has 2 aromatic rings. The van der Waals surface area contributed by atoms with Crippen molar-refractivity contribution in [3.8, 4) is 5.75 Å². The molecule has 120 valence electrons. The molecule has 0 aliphatic rings. The van der Waals surface area contributed by atoms with E-state index < -0.39 is 22.3 Å². The third-order valence-corrected chi connectivity index (χ3v) is 4.03. The molecular weight excluding hydrogens is 366 g/mol. The number of hydrogen-bond acceptors (Lipinski definition) is 5. The van der Waals surface area contributed by atoms with E-state index in [4.69, 9.17) is 5.73 Å². The summed E-state index contributed by atoms with van der Waals surface area (Å²) in [5.74, 6) is -1.14. The number of nitro benzene ring substituents is 1. The quantitative estimate of drug-likeness (QED) is 0.428. The average Bonchev–Trinajstić information content (AvgIpc) is 2.46. The van der Waals surface area contributed by atoms with Gasteiger partial charge in [0.05, 0.1) is 16.5 Å². The van der Waals surface area contributed by atoms with Crippen LogP contribution in [0.1, 0.15) is 28.9 Å². The van der Waals surface area contributed by atoms with Crippen molar-refractivity contribution in [2.45, 2.75) is 13.0 Å². The maximum Gasteiger partial charge on any atom is 0.311 e. The number of nitrogen functional groups attached to an aromatic ring is 1. The number of aromatic hydroxyl groups is 1. The van der Waals surface area contributed by atoms with Crippen LogP contribution in [0.15, 0.2) is 40.9 Å². The van der Waals surface area contributed by atoms with E-state index in [1.165, 1.54) is 0 Å². The molecule has 0 unspecified atom stereocenters. The number of phenolic OH excluding ortho intramolecular Hbond substituents is 1. The first-order valence-corrected chi connectivity index (χ1v) is 7.42. The van der Waals surface area contributed by atoms with Gasteiger partial charge in [-0.1, -0.05) is 34.1 Å². The van der Waals surface area contributed by atoms with Gasteiger partial charge in [-0.05, 0) is 18.6 Å². The summed E-state index contributed by atoms with van der Waals surface area (Å²) in [5, 5.41) is 23.1. The lowest BCUT2D eigenvalue weighted by atomic mass is 10.1. The van der Waals surface area contributed by atoms with Crippen LogP contribution in [0.3, 0.4) is 0 Å². The highest BCUT2D eigenvalue weighted by molar-refractivity contribution is 9.10. The van der Waals surface area contributed by atoms with E-state index in [0.29, 0.717) is 0 Å². The second-order valence-electron chi connectivity index (χ2n) is 4.90. The van der Waals surface area contributed by atoms with Crippen molar-refractivity contribution in [1.29, 1.82) is 0 Å². The second kappa shape index (κ2) is 6.66. The Hall–Kier alpha value is -2.61. The maximum absolute atomic E-state index is 12.3. The molecule has 7 nitrogen and oxygen atoms in total. The molecule has 0 spiro atoms. The van der Waals surface area contributed by atoms with Gasteiger partial charge in [0.1, 0.15) is 0 Å². The number of nitrogens with two attached hydrogens (primary N) is 1. The lowest BCUT2D eigenvalue weighted by Gasteiger charge is -2.16. The molecule has 0 saturated carbocycles. The summed E-state index contributed by atoms with van der Waals surface area (Å²) in [5.41, 5.74) is 5.87. The fourth-order valence-corrected chi connectivity index (χ4v) is 2.74. The highest BCUT2D eigenvalue weighted by atomic mass is 79.9. The normalized spacial score (nSPS) is 11.7. The molecule has 0 saturated heterocycles. The summed E-state index contributed by atoms with van der Waals surface area (Å²) >= 11 is 3.40. The van der Waals surface area contributed by atoms with Gasteiger partial charge < -0.3 is 16.2 Å². The van der Waals surface area contributed by atoms with Gasteiger partial charge in [0.2, 0.25) is 0 Å². The molecule has 8 heteroatoms. The molecule has 0 radical (unpaired) electrons. The summed E-state index contributed by atoms with van der Waals surface area (Å²) < 4.78 is 0.831. The van der Waals surface area contributed by atoms with Crippen LogP contribution < -0.4 is 11.1 Å². The summed E-state index contributed by atoms with van der Waals surface area (Å²) in [6, 6.07) is 9.00. The minimum Gasteiger partial charge on any atom is -0.502 e. The van der Waals surface area contributed by atoms with Crippen LogP contribution in [-0.2, 0) is 0 Å². The number of hydrogen-bond donors (Lipinski definition) is 3. The fourth-order valence-electron chi connectivity index (χ4n) is 2.11. The van der Waals surface area contributed by atoms with Gasteiger partial charge in [0.25, 0.3) is 5.91 Å². The van der Waals surface area contributed by atoms with Gasteiger partial charge in [-0.15, -0.1) is 0 Å². The monoisotopic (exact) mass is 379 g/mol. The van der Waals surface area contributed by atoms with Gasteiger partial charge in [0, 0.05) is 22.3 Å². The number of benzene rings is 2. The topological polar surface area (TPSA) is 118 Å². The number of phenols is 1. The van der Waals surface area contributed by atoms with Crippen LogP contribution >= 0.6 is 15.9 Å². The van der Waals surface area contributed by atoms with E-state index in [-0.39, 0.29) is 17.3 Å². The van der Waals surface area contributed by atoms with Crippen molar-refractivity contribution in [1.82, 2.24) is 5.32 Å². The molecule has 0 aromatic heterocycles. The molecule has 0 aliphatic heterocycles. The number of nitrogens with one attached hydrogen (secondary N) is 1. The second-order valence-corrected chi connectivity index (χ2v) is 5.76. The number of amides is 1. The van der Waals surface area contributed by atoms with Crippen molar-refractivity contribution in [3.63, 3.8) is 0 Å². The molecule has 1 amide bonds. The third-order valence-electron chi connectivity index (χ3n) is 3.31. The van der Waals surface area contributed by atoms with Crippen molar-refractivity contribution in [2.24, 2.45) is 0 Å². The SMILES string of the molecule is C[C@@H](NC(=O)c1cc([N+](=O)[O-])c(O)cc1N)c1ccccc1Br. The maximum atomic E-state index is 12.3. The number of nitrogens with zero attached hydrogens (tertiary/aromatic N) is 1. The van der Waals surface area contributed by atoms with Crippen molar-refractivity contribution >= 4 is 33.2 Å². The number of carbonyl (C=O) groups is 1. The predicted molar refractivity (Wildman–Crippen MR) is 89.2 cm³/mol. The van der Waals surface area contributed by atoms with Crippen LogP contribution in [-0.4, -0.2) is 15.9 Å². The van der Waals surface area contributed by atoms with Gasteiger partial charge in [-0.2, -0.15) is 0 Å². The molecular formula is C15H14BrN3O4. The van der Waals surface area contributed by atoms with Gasteiger partial charge >= 0.3 is 5.69 Å². The molecule has 0 fully saturated rings. The van der Waals surface area contributed by atoms with Gasteiger partial charge in [-0.3, -0.25) is 14.9 Å². The molecule has 0 heterocycles. The first kappa shape index (κ1) is 16.8. The zero-order valence-corrected chi connectivity index (χ0v) is 13.7. The first-order chi connectivity index (χ1) is 10.8. The molecule has 4 N–H and O–H groups in total. The Morgan fingerprint density at radius 1 is 1.39 bits per heavy atom. The average molecular weight is 380 g/mol. The molecule has 2 rings (SSSR count). The summed E-state index contributed by atoms with van der Waals surface area (Å²) in [4.78, 5) is 22.4. The summed E-state index contributed by atoms with van der Waals surface area (Å²) in [6.07, 6.45) is 0. The Morgan fingerprint density at radius 2 is 2.04 bits per heavy atom. The van der Waals surface area contributed by atoms with Crippen molar-refractivity contribution in [2.75, 3.05) is 5.73 Å². The minimum absolute atomic E-state index is 0.0371. The Morgan fingerprint density at radius 3 is 2.65 bits per heavy atom. The zero-order valence-electron chi connectivity index (χ0n) is 12.1. The predicted octanol–water partition coefficient (Wildman–Crippen LogP) is 3.14. The van der Waals surface area contributed by atoms with E-state index in [2.05, 4.69) is 21.2 Å². The van der Waals surface area contributed by atoms with Crippen molar-refractivity contribution < 1.29 is 14.8 Å². The first-order valence-electron chi connectivity index (χ1n) is 6.63. The fraction of sp³-hybridized carbons (Fsp3) is 0.133. The van der Waals surface area contributed by atoms with Crippen LogP contribution in [0, 0.1) is 10.1 Å². The van der Waals surface area contributed by atoms with Crippen LogP contribution in [0.4, 0.5) is 11.4 Å². The van der Waals surface area contributed by atoms with E-state index in [1.54, 1.807) is 6.92 Å². The lowest BCUT2D eigenvalue weighted by Crippen LogP contribution is -2.27.